The highest BCUT2D eigenvalue weighted by atomic mass is 35.5. The fourth-order valence-corrected chi connectivity index (χ4v) is 3.08. The third-order valence-electron chi connectivity index (χ3n) is 4.54. The molecule has 0 spiro atoms. The minimum absolute atomic E-state index is 0.120. The molecule has 0 bridgehead atoms. The lowest BCUT2D eigenvalue weighted by Crippen LogP contribution is -2.53. The molecule has 4 rings (SSSR count). The molecule has 0 unspecified atom stereocenters. The molecule has 4 heterocycles. The number of quaternary nitrogens is 1. The number of halogens is 1. The molecule has 10 nitrogen and oxygen atoms in total. The van der Waals surface area contributed by atoms with Crippen LogP contribution >= 0.6 is 11.6 Å². The first kappa shape index (κ1) is 18.8. The normalized spacial score (nSPS) is 17.1. The minimum Gasteiger partial charge on any atom is -0.633 e. The molecule has 0 saturated carbocycles. The summed E-state index contributed by atoms with van der Waals surface area (Å²) in [5, 5.41) is 24.7. The lowest BCUT2D eigenvalue weighted by molar-refractivity contribution is -0.867. The minimum atomic E-state index is -0.278. The van der Waals surface area contributed by atoms with Crippen molar-refractivity contribution in [3.8, 4) is 17.6 Å². The Labute approximate surface area is 165 Å². The molecule has 28 heavy (non-hydrogen) atoms. The predicted octanol–water partition coefficient (Wildman–Crippen LogP) is 1.70. The van der Waals surface area contributed by atoms with E-state index in [0.29, 0.717) is 42.5 Å². The summed E-state index contributed by atoms with van der Waals surface area (Å²) < 4.78 is 6.91. The first-order chi connectivity index (χ1) is 13.4. The van der Waals surface area contributed by atoms with E-state index in [4.69, 9.17) is 21.2 Å². The number of pyridine rings is 1. The molecule has 0 amide bonds. The van der Waals surface area contributed by atoms with E-state index in [2.05, 4.69) is 15.0 Å². The van der Waals surface area contributed by atoms with E-state index in [9.17, 15) is 10.3 Å². The number of aromatic nitrogens is 4. The van der Waals surface area contributed by atoms with Gasteiger partial charge in [-0.25, -0.2) is 19.5 Å². The van der Waals surface area contributed by atoms with E-state index in [1.54, 1.807) is 24.2 Å². The van der Waals surface area contributed by atoms with E-state index in [1.807, 2.05) is 0 Å². The highest BCUT2D eigenvalue weighted by Gasteiger charge is 2.24. The molecule has 3 aromatic heterocycles. The van der Waals surface area contributed by atoms with Crippen molar-refractivity contribution in [3.05, 3.63) is 41.0 Å². The zero-order valence-electron chi connectivity index (χ0n) is 15.2. The summed E-state index contributed by atoms with van der Waals surface area (Å²) in [5.41, 5.74) is 0.662. The topological polar surface area (TPSA) is 109 Å². The Morgan fingerprint density at radius 3 is 2.57 bits per heavy atom. The quantitative estimate of drug-likeness (QED) is 0.387. The fraction of sp³-hybridized carbons (Fsp3) is 0.353. The van der Waals surface area contributed by atoms with Crippen LogP contribution in [0, 0.1) is 5.21 Å². The van der Waals surface area contributed by atoms with Crippen molar-refractivity contribution in [1.29, 1.82) is 0 Å². The Morgan fingerprint density at radius 2 is 1.89 bits per heavy atom. The average molecular weight is 407 g/mol. The van der Waals surface area contributed by atoms with Gasteiger partial charge in [-0.15, -0.1) is 0 Å². The third-order valence-corrected chi connectivity index (χ3v) is 4.77. The molecule has 1 N–H and O–H groups in total. The second-order valence-corrected chi connectivity index (χ2v) is 7.05. The lowest BCUT2D eigenvalue weighted by atomic mass is 10.4. The van der Waals surface area contributed by atoms with Crippen LogP contribution in [0.4, 0.5) is 0 Å². The number of likely N-dealkylation sites (N-methyl/N-ethyl adjacent to an activating group) is 1. The van der Waals surface area contributed by atoms with Crippen LogP contribution in [0.5, 0.6) is 11.8 Å². The van der Waals surface area contributed by atoms with E-state index in [1.165, 1.54) is 23.2 Å². The standard InChI is InChI=1S/C17H19ClN6O4/c1-24(26)8-6-22(7-9-24)28-11-27-17-15-14(19-4-5-20-15)16(25)23(17)13-3-2-12(18)10-21-13/h2-5,10,25H,6-9,11H2,1H3. The Hall–Kier alpha value is -2.50. The first-order valence-electron chi connectivity index (χ1n) is 8.67. The summed E-state index contributed by atoms with van der Waals surface area (Å²) >= 11 is 5.91. The zero-order chi connectivity index (χ0) is 19.7. The zero-order valence-corrected chi connectivity index (χ0v) is 15.9. The van der Waals surface area contributed by atoms with Gasteiger partial charge in [0.2, 0.25) is 18.6 Å². The van der Waals surface area contributed by atoms with Crippen LogP contribution in [-0.4, -0.2) is 74.4 Å². The largest absolute Gasteiger partial charge is 0.633 e. The van der Waals surface area contributed by atoms with E-state index < -0.39 is 0 Å². The summed E-state index contributed by atoms with van der Waals surface area (Å²) in [4.78, 5) is 18.3. The molecule has 148 valence electrons. The summed E-state index contributed by atoms with van der Waals surface area (Å²) in [6.45, 7) is 1.79. The number of hydroxylamine groups is 5. The molecule has 0 radical (unpaired) electrons. The van der Waals surface area contributed by atoms with Gasteiger partial charge in [0.15, 0.2) is 11.0 Å². The van der Waals surface area contributed by atoms with Crippen LogP contribution in [0.2, 0.25) is 5.02 Å². The highest BCUT2D eigenvalue weighted by molar-refractivity contribution is 6.30. The third kappa shape index (κ3) is 3.73. The summed E-state index contributed by atoms with van der Waals surface area (Å²) in [5.74, 6) is 0.497. The monoisotopic (exact) mass is 406 g/mol. The highest BCUT2D eigenvalue weighted by Crippen LogP contribution is 2.36. The molecule has 1 aliphatic rings. The van der Waals surface area contributed by atoms with Crippen LogP contribution in [-0.2, 0) is 4.84 Å². The molecular weight excluding hydrogens is 388 g/mol. The Kier molecular flexibility index (Phi) is 5.04. The number of aromatic hydroxyl groups is 1. The fourth-order valence-electron chi connectivity index (χ4n) is 2.97. The molecule has 1 saturated heterocycles. The number of nitrogens with zero attached hydrogens (tertiary/aromatic N) is 6. The molecule has 0 aliphatic carbocycles. The molecule has 11 heteroatoms. The first-order valence-corrected chi connectivity index (χ1v) is 9.05. The van der Waals surface area contributed by atoms with Crippen molar-refractivity contribution in [3.63, 3.8) is 0 Å². The molecule has 1 fully saturated rings. The van der Waals surface area contributed by atoms with Crippen LogP contribution in [0.1, 0.15) is 0 Å². The van der Waals surface area contributed by atoms with Gasteiger partial charge in [-0.1, -0.05) is 11.6 Å². The number of piperazine rings is 1. The van der Waals surface area contributed by atoms with Crippen LogP contribution in [0.15, 0.2) is 30.7 Å². The maximum atomic E-state index is 11.9. The average Bonchev–Trinajstić information content (AvgIpc) is 2.96. The Balaban J connectivity index is 1.57. The molecule has 0 aromatic carbocycles. The van der Waals surface area contributed by atoms with Gasteiger partial charge in [-0.3, -0.25) is 4.84 Å². The summed E-state index contributed by atoms with van der Waals surface area (Å²) in [7, 11) is 1.65. The van der Waals surface area contributed by atoms with Crippen LogP contribution in [0.25, 0.3) is 16.9 Å². The number of rotatable bonds is 5. The van der Waals surface area contributed by atoms with E-state index in [0.717, 1.165) is 0 Å². The van der Waals surface area contributed by atoms with Gasteiger partial charge in [0.25, 0.3) is 0 Å². The lowest BCUT2D eigenvalue weighted by Gasteiger charge is -2.44. The molecular formula is C17H19ClN6O4. The van der Waals surface area contributed by atoms with E-state index in [-0.39, 0.29) is 28.7 Å². The van der Waals surface area contributed by atoms with Gasteiger partial charge in [0, 0.05) is 18.6 Å². The van der Waals surface area contributed by atoms with Crippen LogP contribution < -0.4 is 4.74 Å². The van der Waals surface area contributed by atoms with Gasteiger partial charge in [-0.2, -0.15) is 5.06 Å². The summed E-state index contributed by atoms with van der Waals surface area (Å²) in [6.07, 6.45) is 4.45. The SMILES string of the molecule is C[N+]1([O-])CCN(OCOc2c3nccnc3c(O)n2-c2ccc(Cl)cn2)CC1. The molecule has 1 aliphatic heterocycles. The van der Waals surface area contributed by atoms with Gasteiger partial charge in [0.1, 0.15) is 5.82 Å². The Bertz CT molecular complexity index is 968. The second-order valence-electron chi connectivity index (χ2n) is 6.62. The Morgan fingerprint density at radius 1 is 1.18 bits per heavy atom. The number of ether oxygens (including phenoxy) is 1. The van der Waals surface area contributed by atoms with Gasteiger partial charge in [-0.05, 0) is 12.1 Å². The van der Waals surface area contributed by atoms with Crippen molar-refractivity contribution in [2.75, 3.05) is 40.0 Å². The maximum Gasteiger partial charge on any atom is 0.233 e. The summed E-state index contributed by atoms with van der Waals surface area (Å²) in [6, 6.07) is 3.30. The smallest absolute Gasteiger partial charge is 0.233 e. The molecule has 3 aromatic rings. The van der Waals surface area contributed by atoms with Crippen molar-refractivity contribution in [1.82, 2.24) is 24.6 Å². The number of fused-ring (bicyclic) bond motifs is 1. The van der Waals surface area contributed by atoms with Gasteiger partial charge in [0.05, 0.1) is 38.2 Å². The van der Waals surface area contributed by atoms with Crippen molar-refractivity contribution < 1.29 is 19.3 Å². The van der Waals surface area contributed by atoms with Crippen molar-refractivity contribution in [2.45, 2.75) is 0 Å². The number of hydrogen-bond donors (Lipinski definition) is 1. The number of hydrogen-bond acceptors (Lipinski definition) is 8. The van der Waals surface area contributed by atoms with Gasteiger partial charge < -0.3 is 19.7 Å². The molecule has 0 atom stereocenters. The second kappa shape index (κ2) is 7.49. The van der Waals surface area contributed by atoms with Crippen molar-refractivity contribution in [2.24, 2.45) is 0 Å². The van der Waals surface area contributed by atoms with E-state index >= 15 is 0 Å². The maximum absolute atomic E-state index is 11.9. The predicted molar refractivity (Wildman–Crippen MR) is 101 cm³/mol. The van der Waals surface area contributed by atoms with Crippen molar-refractivity contribution >= 4 is 22.6 Å². The van der Waals surface area contributed by atoms with Gasteiger partial charge >= 0.3 is 0 Å². The van der Waals surface area contributed by atoms with Crippen LogP contribution in [0.3, 0.4) is 0 Å².